The molecule has 0 fully saturated rings. The smallest absolute Gasteiger partial charge is 0.194 e. The van der Waals surface area contributed by atoms with Gasteiger partial charge in [-0.25, -0.2) is 0 Å². The average Bonchev–Trinajstić information content (AvgIpc) is 3.55. The fourth-order valence-corrected chi connectivity index (χ4v) is 10.9. The van der Waals surface area contributed by atoms with Crippen LogP contribution in [0.2, 0.25) is 0 Å². The Kier molecular flexibility index (Phi) is 17.1. The van der Waals surface area contributed by atoms with Crippen molar-refractivity contribution in [1.29, 1.82) is 0 Å². The van der Waals surface area contributed by atoms with Gasteiger partial charge in [-0.3, -0.25) is 9.59 Å². The molecule has 0 saturated heterocycles. The van der Waals surface area contributed by atoms with Crippen LogP contribution in [0.1, 0.15) is 91.2 Å². The molecular formula is C68H54Br4O4. The molecule has 0 amide bonds. The van der Waals surface area contributed by atoms with Crippen molar-refractivity contribution >= 4 is 75.3 Å². The lowest BCUT2D eigenvalue weighted by Gasteiger charge is -2.45. The Morgan fingerprint density at radius 2 is 0.579 bits per heavy atom. The van der Waals surface area contributed by atoms with E-state index in [4.69, 9.17) is 0 Å². The SMILES string of the molecule is Brc1ccc(-c2ccc(Br)cc2)cc1.C.C.Cc1ccc2c(c1)C(=O)c1ccccc1C2=O.Cc1ccc2c(c1)C(O)(c1ccc(-c3ccc(Br)cc3)cc1)c1ccccc1C2(O)c1ccc(-c2ccc(Br)cc2)cc1. The van der Waals surface area contributed by atoms with Gasteiger partial charge in [0.2, 0.25) is 0 Å². The Morgan fingerprint density at radius 1 is 0.303 bits per heavy atom. The minimum absolute atomic E-state index is 0. The van der Waals surface area contributed by atoms with Crippen LogP contribution < -0.4 is 0 Å². The Morgan fingerprint density at radius 3 is 0.961 bits per heavy atom. The predicted octanol–water partition coefficient (Wildman–Crippen LogP) is 18.7. The molecule has 2 atom stereocenters. The maximum Gasteiger partial charge on any atom is 0.194 e. The molecule has 4 nitrogen and oxygen atoms in total. The second-order valence-corrected chi connectivity index (χ2v) is 22.1. The molecule has 0 spiro atoms. The van der Waals surface area contributed by atoms with Crippen molar-refractivity contribution in [1.82, 2.24) is 0 Å². The summed E-state index contributed by atoms with van der Waals surface area (Å²) in [5.41, 5.74) is 12.1. The standard InChI is InChI=1S/C39H28Br2O2.C15H10O2.C12H8Br2.2CH4/c1-25-6-23-36-37(24-25)39(43,31-17-9-27(10-18-31)29-13-21-33(41)22-14-29)35-5-3-2-4-34(35)38(36,42)30-15-7-26(8-16-30)28-11-19-32(40)20-12-28;1-9-6-7-12-13(8-9)15(17)11-5-3-2-4-10(11)14(12)16;13-11-5-1-9(2-6-11)10-3-7-12(14)8-4-10;;/h2-24,42-43H,1H3;2-8H,1H3;1-8H;2*1H4. The Labute approximate surface area is 479 Å². The number of rotatable bonds is 5. The number of ketones is 2. The van der Waals surface area contributed by atoms with Crippen LogP contribution in [0, 0.1) is 13.8 Å². The Bertz CT molecular complexity index is 3660. The van der Waals surface area contributed by atoms with E-state index < -0.39 is 11.2 Å². The van der Waals surface area contributed by atoms with E-state index in [-0.39, 0.29) is 26.4 Å². The van der Waals surface area contributed by atoms with Crippen molar-refractivity contribution in [2.24, 2.45) is 0 Å². The molecule has 10 aromatic carbocycles. The number of aliphatic hydroxyl groups is 2. The molecule has 2 aliphatic carbocycles. The van der Waals surface area contributed by atoms with Crippen molar-refractivity contribution in [3.8, 4) is 33.4 Å². The third-order valence-corrected chi connectivity index (χ3v) is 15.8. The van der Waals surface area contributed by atoms with Crippen LogP contribution in [0.4, 0.5) is 0 Å². The van der Waals surface area contributed by atoms with E-state index in [1.165, 1.54) is 11.1 Å². The maximum absolute atomic E-state index is 12.8. The number of fused-ring (bicyclic) bond motifs is 4. The highest BCUT2D eigenvalue weighted by atomic mass is 79.9. The Hall–Kier alpha value is -6.62. The van der Waals surface area contributed by atoms with E-state index in [1.54, 1.807) is 36.4 Å². The van der Waals surface area contributed by atoms with Crippen molar-refractivity contribution in [3.63, 3.8) is 0 Å². The number of hydrogen-bond acceptors (Lipinski definition) is 4. The molecule has 0 radical (unpaired) electrons. The van der Waals surface area contributed by atoms with Gasteiger partial charge in [-0.1, -0.05) is 266 Å². The van der Waals surface area contributed by atoms with E-state index in [2.05, 4.69) is 161 Å². The first-order valence-electron chi connectivity index (χ1n) is 23.9. The molecule has 10 aromatic rings. The topological polar surface area (TPSA) is 74.6 Å². The lowest BCUT2D eigenvalue weighted by atomic mass is 9.63. The monoisotopic (exact) mass is 1250 g/mol. The van der Waals surface area contributed by atoms with Crippen molar-refractivity contribution < 1.29 is 19.8 Å². The molecule has 0 aliphatic heterocycles. The summed E-state index contributed by atoms with van der Waals surface area (Å²) in [5.74, 6) is -0.117. The van der Waals surface area contributed by atoms with Gasteiger partial charge < -0.3 is 10.2 Å². The summed E-state index contributed by atoms with van der Waals surface area (Å²) in [4.78, 5) is 24.5. The molecule has 8 heteroatoms. The molecule has 0 heterocycles. The molecule has 0 saturated carbocycles. The highest BCUT2D eigenvalue weighted by Gasteiger charge is 2.51. The summed E-state index contributed by atoms with van der Waals surface area (Å²) in [6, 6.07) is 75.3. The van der Waals surface area contributed by atoms with Gasteiger partial charge in [0.15, 0.2) is 11.6 Å². The molecule has 76 heavy (non-hydrogen) atoms. The molecule has 2 N–H and O–H groups in total. The molecule has 2 aliphatic rings. The van der Waals surface area contributed by atoms with Crippen molar-refractivity contribution in [2.75, 3.05) is 0 Å². The van der Waals surface area contributed by atoms with Gasteiger partial charge in [-0.15, -0.1) is 0 Å². The number of benzene rings is 10. The number of carbonyl (C=O) groups excluding carboxylic acids is 2. The zero-order valence-electron chi connectivity index (χ0n) is 40.2. The van der Waals surface area contributed by atoms with Crippen molar-refractivity contribution in [2.45, 2.75) is 39.9 Å². The summed E-state index contributed by atoms with van der Waals surface area (Å²) in [5, 5.41) is 25.7. The van der Waals surface area contributed by atoms with Gasteiger partial charge in [0.05, 0.1) is 0 Å². The fraction of sp³-hybridized carbons (Fsp3) is 0.0882. The largest absolute Gasteiger partial charge is 0.376 e. The molecule has 0 bridgehead atoms. The summed E-state index contributed by atoms with van der Waals surface area (Å²) < 4.78 is 4.28. The highest BCUT2D eigenvalue weighted by Crippen LogP contribution is 2.53. The van der Waals surface area contributed by atoms with E-state index in [1.807, 2.05) is 111 Å². The summed E-state index contributed by atoms with van der Waals surface area (Å²) >= 11 is 13.9. The quantitative estimate of drug-likeness (QED) is 0.180. The van der Waals surface area contributed by atoms with Crippen LogP contribution >= 0.6 is 63.7 Å². The number of carbonyl (C=O) groups is 2. The van der Waals surface area contributed by atoms with E-state index >= 15 is 0 Å². The summed E-state index contributed by atoms with van der Waals surface area (Å²) in [6.07, 6.45) is 0. The van der Waals surface area contributed by atoms with E-state index in [0.717, 1.165) is 62.4 Å². The first-order valence-corrected chi connectivity index (χ1v) is 27.1. The normalized spacial score (nSPS) is 15.6. The number of aryl methyl sites for hydroxylation is 2. The minimum atomic E-state index is -1.46. The summed E-state index contributed by atoms with van der Waals surface area (Å²) in [7, 11) is 0. The highest BCUT2D eigenvalue weighted by molar-refractivity contribution is 9.11. The van der Waals surface area contributed by atoms with Crippen LogP contribution in [-0.2, 0) is 11.2 Å². The first-order chi connectivity index (χ1) is 35.7. The van der Waals surface area contributed by atoms with Gasteiger partial charge in [0.1, 0.15) is 11.2 Å². The second-order valence-electron chi connectivity index (χ2n) is 18.5. The van der Waals surface area contributed by atoms with Crippen LogP contribution in [-0.4, -0.2) is 21.8 Å². The average molecular weight is 1250 g/mol. The zero-order chi connectivity index (χ0) is 51.7. The van der Waals surface area contributed by atoms with Gasteiger partial charge >= 0.3 is 0 Å². The minimum Gasteiger partial charge on any atom is -0.376 e. The molecule has 2 unspecified atom stereocenters. The van der Waals surface area contributed by atoms with Crippen LogP contribution in [0.15, 0.2) is 248 Å². The van der Waals surface area contributed by atoms with E-state index in [0.29, 0.717) is 44.5 Å². The lowest BCUT2D eigenvalue weighted by Crippen LogP contribution is -2.44. The summed E-state index contributed by atoms with van der Waals surface area (Å²) in [6.45, 7) is 3.93. The van der Waals surface area contributed by atoms with E-state index in [9.17, 15) is 19.8 Å². The molecule has 12 rings (SSSR count). The molecular weight excluding hydrogens is 1200 g/mol. The molecule has 0 aromatic heterocycles. The predicted molar refractivity (Wildman–Crippen MR) is 326 cm³/mol. The van der Waals surface area contributed by atoms with Crippen molar-refractivity contribution in [3.05, 3.63) is 315 Å². The van der Waals surface area contributed by atoms with Crippen LogP contribution in [0.5, 0.6) is 0 Å². The molecule has 378 valence electrons. The third kappa shape index (κ3) is 10.9. The third-order valence-electron chi connectivity index (χ3n) is 13.7. The van der Waals surface area contributed by atoms with Gasteiger partial charge in [-0.05, 0) is 135 Å². The van der Waals surface area contributed by atoms with Gasteiger partial charge in [0, 0.05) is 40.1 Å². The van der Waals surface area contributed by atoms with Crippen LogP contribution in [0.25, 0.3) is 33.4 Å². The Balaban J connectivity index is 0.000000189. The number of hydrogen-bond donors (Lipinski definition) is 2. The number of halogens is 4. The van der Waals surface area contributed by atoms with Crippen LogP contribution in [0.3, 0.4) is 0 Å². The zero-order valence-corrected chi connectivity index (χ0v) is 46.5. The first kappa shape index (κ1) is 55.6. The lowest BCUT2D eigenvalue weighted by molar-refractivity contribution is 0.0747. The maximum atomic E-state index is 12.8. The van der Waals surface area contributed by atoms with Gasteiger partial charge in [0.25, 0.3) is 0 Å². The van der Waals surface area contributed by atoms with Gasteiger partial charge in [-0.2, -0.15) is 0 Å². The second kappa shape index (κ2) is 23.3. The fourth-order valence-electron chi connectivity index (χ4n) is 9.89.